The molecule has 0 N–H and O–H groups in total. The summed E-state index contributed by atoms with van der Waals surface area (Å²) in [7, 11) is -4.45. The van der Waals surface area contributed by atoms with E-state index in [-0.39, 0.29) is 16.7 Å². The summed E-state index contributed by atoms with van der Waals surface area (Å²) in [6, 6.07) is 3.73. The summed E-state index contributed by atoms with van der Waals surface area (Å²) in [4.78, 5) is -0.0121. The first kappa shape index (κ1) is 35.1. The molecule has 4 nitrogen and oxygen atoms in total. The van der Waals surface area contributed by atoms with Gasteiger partial charge in [-0.3, -0.25) is 0 Å². The van der Waals surface area contributed by atoms with E-state index in [1.807, 2.05) is 39.8 Å². The highest BCUT2D eigenvalue weighted by molar-refractivity contribution is 7.85. The molecule has 0 aliphatic rings. The van der Waals surface area contributed by atoms with Crippen LogP contribution in [0.3, 0.4) is 0 Å². The Kier molecular flexibility index (Phi) is 17.1. The lowest BCUT2D eigenvalue weighted by Crippen LogP contribution is -2.50. The van der Waals surface area contributed by atoms with Crippen molar-refractivity contribution in [2.75, 3.05) is 26.2 Å². The Morgan fingerprint density at radius 3 is 1.14 bits per heavy atom. The van der Waals surface area contributed by atoms with Crippen LogP contribution in [0.15, 0.2) is 17.0 Å². The number of unbranched alkanes of at least 4 members (excludes halogenated alkanes) is 4. The molecular weight excluding hydrogens is 466 g/mol. The van der Waals surface area contributed by atoms with Crippen LogP contribution < -0.4 is 0 Å². The summed E-state index contributed by atoms with van der Waals surface area (Å²) in [5.41, 5.74) is 2.37. The van der Waals surface area contributed by atoms with Gasteiger partial charge in [-0.05, 0) is 60.1 Å². The average Bonchev–Trinajstić information content (AvgIpc) is 2.82. The van der Waals surface area contributed by atoms with Crippen LogP contribution in [0.4, 0.5) is 0 Å². The lowest BCUT2D eigenvalue weighted by Gasteiger charge is -2.39. The largest absolute Gasteiger partial charge is 0.744 e. The summed E-state index contributed by atoms with van der Waals surface area (Å²) in [6.07, 6.45) is 11.1. The Morgan fingerprint density at radius 1 is 0.639 bits per heavy atom. The molecule has 0 aliphatic heterocycles. The molecule has 0 aliphatic carbocycles. The number of hydrogen-bond acceptors (Lipinski definition) is 3. The number of nitrogens with zero attached hydrogens (tertiary/aromatic N) is 1. The van der Waals surface area contributed by atoms with Crippen molar-refractivity contribution in [2.24, 2.45) is 0 Å². The van der Waals surface area contributed by atoms with Gasteiger partial charge >= 0.3 is 0 Å². The van der Waals surface area contributed by atoms with Gasteiger partial charge in [-0.1, -0.05) is 107 Å². The van der Waals surface area contributed by atoms with E-state index >= 15 is 0 Å². The van der Waals surface area contributed by atoms with Crippen LogP contribution in [-0.4, -0.2) is 43.6 Å². The number of quaternary nitrogens is 1. The van der Waals surface area contributed by atoms with Crippen molar-refractivity contribution in [3.63, 3.8) is 0 Å². The Labute approximate surface area is 225 Å². The standard InChI is InChI=1S/C16H36N.C15H24O3S/c1-5-9-13-17(14-10-6-2,15-11-7-3)16-12-8-4;1-9(2)12-7-13(10(3)4)15(19(16,17)18)14(8-12)11(5)6/h5-16H2,1-4H3;7-11H,1-6H3,(H,16,17,18)/q+1;/p-1. The van der Waals surface area contributed by atoms with Gasteiger partial charge in [0, 0.05) is 0 Å². The van der Waals surface area contributed by atoms with Crippen LogP contribution in [0.5, 0.6) is 0 Å². The molecule has 1 aromatic carbocycles. The first-order valence-corrected chi connectivity index (χ1v) is 16.2. The van der Waals surface area contributed by atoms with Crippen LogP contribution in [0.2, 0.25) is 0 Å². The molecular formula is C31H59NO3S. The van der Waals surface area contributed by atoms with Gasteiger partial charge < -0.3 is 9.04 Å². The van der Waals surface area contributed by atoms with E-state index in [2.05, 4.69) is 41.5 Å². The Bertz CT molecular complexity index is 762. The van der Waals surface area contributed by atoms with Gasteiger partial charge in [-0.2, -0.15) is 0 Å². The highest BCUT2D eigenvalue weighted by Gasteiger charge is 2.25. The van der Waals surface area contributed by atoms with Crippen LogP contribution in [-0.2, 0) is 10.1 Å². The minimum atomic E-state index is -4.45. The fourth-order valence-corrected chi connectivity index (χ4v) is 5.99. The fourth-order valence-electron chi connectivity index (χ4n) is 4.82. The number of hydrogen-bond donors (Lipinski definition) is 0. The third-order valence-electron chi connectivity index (χ3n) is 7.27. The predicted molar refractivity (Wildman–Crippen MR) is 156 cm³/mol. The molecule has 0 aromatic heterocycles. The zero-order valence-electron chi connectivity index (χ0n) is 25.5. The molecule has 0 spiro atoms. The number of rotatable bonds is 16. The summed E-state index contributed by atoms with van der Waals surface area (Å²) in [5.74, 6) is 0.322. The molecule has 0 saturated carbocycles. The van der Waals surface area contributed by atoms with Crippen molar-refractivity contribution in [3.8, 4) is 0 Å². The lowest BCUT2D eigenvalue weighted by molar-refractivity contribution is -0.929. The molecule has 212 valence electrons. The van der Waals surface area contributed by atoms with Crippen molar-refractivity contribution in [1.82, 2.24) is 0 Å². The van der Waals surface area contributed by atoms with Crippen LogP contribution in [0, 0.1) is 0 Å². The quantitative estimate of drug-likeness (QED) is 0.160. The zero-order chi connectivity index (χ0) is 27.9. The summed E-state index contributed by atoms with van der Waals surface area (Å²) in [6.45, 7) is 26.8. The van der Waals surface area contributed by atoms with Crippen LogP contribution >= 0.6 is 0 Å². The third kappa shape index (κ3) is 12.1. The van der Waals surface area contributed by atoms with Gasteiger partial charge in [0.25, 0.3) is 0 Å². The minimum absolute atomic E-state index is 0.00919. The molecule has 0 heterocycles. The molecule has 0 bridgehead atoms. The van der Waals surface area contributed by atoms with E-state index in [0.717, 1.165) is 5.56 Å². The van der Waals surface area contributed by atoms with Crippen LogP contribution in [0.25, 0.3) is 0 Å². The topological polar surface area (TPSA) is 57.2 Å². The van der Waals surface area contributed by atoms with E-state index in [9.17, 15) is 13.0 Å². The van der Waals surface area contributed by atoms with Crippen molar-refractivity contribution in [3.05, 3.63) is 28.8 Å². The Hall–Kier alpha value is -0.910. The molecule has 1 aromatic rings. The molecule has 0 amide bonds. The van der Waals surface area contributed by atoms with E-state index in [1.54, 1.807) is 0 Å². The first-order valence-electron chi connectivity index (χ1n) is 14.8. The molecule has 0 unspecified atom stereocenters. The molecule has 0 radical (unpaired) electrons. The number of benzene rings is 1. The summed E-state index contributed by atoms with van der Waals surface area (Å²) < 4.78 is 36.2. The molecule has 0 atom stereocenters. The predicted octanol–water partition coefficient (Wildman–Crippen LogP) is 8.96. The minimum Gasteiger partial charge on any atom is -0.744 e. The molecule has 0 saturated heterocycles. The second-order valence-corrected chi connectivity index (χ2v) is 12.9. The molecule has 0 fully saturated rings. The van der Waals surface area contributed by atoms with Gasteiger partial charge in [-0.15, -0.1) is 0 Å². The Balaban J connectivity index is 0.000000686. The summed E-state index contributed by atoms with van der Waals surface area (Å²) >= 11 is 0. The maximum Gasteiger partial charge on any atom is 0.124 e. The smallest absolute Gasteiger partial charge is 0.124 e. The van der Waals surface area contributed by atoms with Gasteiger partial charge in [0.2, 0.25) is 0 Å². The second-order valence-electron chi connectivity index (χ2n) is 11.6. The third-order valence-corrected chi connectivity index (χ3v) is 8.24. The van der Waals surface area contributed by atoms with Gasteiger partial charge in [-0.25, -0.2) is 8.42 Å². The van der Waals surface area contributed by atoms with Crippen molar-refractivity contribution < 1.29 is 17.5 Å². The van der Waals surface area contributed by atoms with Crippen molar-refractivity contribution >= 4 is 10.1 Å². The van der Waals surface area contributed by atoms with Crippen molar-refractivity contribution in [1.29, 1.82) is 0 Å². The summed E-state index contributed by atoms with van der Waals surface area (Å²) in [5, 5.41) is 0. The fraction of sp³-hybridized carbons (Fsp3) is 0.806. The van der Waals surface area contributed by atoms with E-state index in [0.29, 0.717) is 17.0 Å². The SMILES string of the molecule is CC(C)c1cc(C(C)C)c(S(=O)(=O)[O-])c(C(C)C)c1.CCCC[N+](CCCC)(CCCC)CCCC. The lowest BCUT2D eigenvalue weighted by atomic mass is 9.89. The van der Waals surface area contributed by atoms with E-state index in [1.165, 1.54) is 82.0 Å². The Morgan fingerprint density at radius 2 is 0.944 bits per heavy atom. The van der Waals surface area contributed by atoms with Crippen molar-refractivity contribution in [2.45, 2.75) is 143 Å². The molecule has 5 heteroatoms. The normalized spacial score (nSPS) is 12.4. The molecule has 36 heavy (non-hydrogen) atoms. The zero-order valence-corrected chi connectivity index (χ0v) is 26.3. The van der Waals surface area contributed by atoms with Gasteiger partial charge in [0.1, 0.15) is 10.1 Å². The van der Waals surface area contributed by atoms with Gasteiger partial charge in [0.15, 0.2) is 0 Å². The first-order chi connectivity index (χ1) is 16.8. The monoisotopic (exact) mass is 525 g/mol. The van der Waals surface area contributed by atoms with E-state index in [4.69, 9.17) is 0 Å². The highest BCUT2D eigenvalue weighted by Crippen LogP contribution is 2.34. The average molecular weight is 526 g/mol. The van der Waals surface area contributed by atoms with Crippen LogP contribution in [0.1, 0.15) is 155 Å². The maximum absolute atomic E-state index is 11.6. The van der Waals surface area contributed by atoms with E-state index < -0.39 is 10.1 Å². The second kappa shape index (κ2) is 17.6. The van der Waals surface area contributed by atoms with Gasteiger partial charge in [0.05, 0.1) is 31.1 Å². The molecule has 1 rings (SSSR count). The highest BCUT2D eigenvalue weighted by atomic mass is 32.2. The maximum atomic E-state index is 11.6.